The molecule has 0 aliphatic carbocycles. The average Bonchev–Trinajstić information content (AvgIpc) is 2.35. The molecule has 0 bridgehead atoms. The fourth-order valence-corrected chi connectivity index (χ4v) is 3.66. The van der Waals surface area contributed by atoms with E-state index in [-0.39, 0.29) is 11.3 Å². The molecule has 1 aromatic carbocycles. The maximum Gasteiger partial charge on any atom is 0.163 e. The maximum atomic E-state index is 14.0. The van der Waals surface area contributed by atoms with Crippen LogP contribution in [0.5, 0.6) is 11.5 Å². The molecule has 0 radical (unpaired) electrons. The third-order valence-corrected chi connectivity index (χ3v) is 6.15. The Hall–Kier alpha value is -0.820. The van der Waals surface area contributed by atoms with E-state index in [2.05, 4.69) is 15.9 Å². The number of benzene rings is 1. The molecule has 0 N–H and O–H groups in total. The largest absolute Gasteiger partial charge is 0.493 e. The molecule has 0 aromatic heterocycles. The summed E-state index contributed by atoms with van der Waals surface area (Å²) in [5.74, 6) is 0.0644. The topological polar surface area (TPSA) is 52.6 Å². The van der Waals surface area contributed by atoms with Gasteiger partial charge in [0.05, 0.1) is 24.3 Å². The van der Waals surface area contributed by atoms with Crippen LogP contribution in [0.3, 0.4) is 0 Å². The van der Waals surface area contributed by atoms with Crippen molar-refractivity contribution in [1.29, 1.82) is 0 Å². The predicted octanol–water partition coefficient (Wildman–Crippen LogP) is 2.71. The third kappa shape index (κ3) is 3.60. The molecular weight excluding hydrogens is 339 g/mol. The molecule has 0 aliphatic rings. The van der Waals surface area contributed by atoms with Gasteiger partial charge in [0.2, 0.25) is 0 Å². The average molecular weight is 355 g/mol. The summed E-state index contributed by atoms with van der Waals surface area (Å²) in [4.78, 5) is -0.665. The van der Waals surface area contributed by atoms with Gasteiger partial charge in [0.25, 0.3) is 0 Å². The molecule has 4 nitrogen and oxygen atoms in total. The quantitative estimate of drug-likeness (QED) is 0.763. The van der Waals surface area contributed by atoms with Crippen molar-refractivity contribution in [1.82, 2.24) is 0 Å². The summed E-state index contributed by atoms with van der Waals surface area (Å²) in [5, 5.41) is -0.764. The zero-order chi connectivity index (χ0) is 14.8. The lowest BCUT2D eigenvalue weighted by molar-refractivity contribution is 0.351. The molecule has 0 fully saturated rings. The van der Waals surface area contributed by atoms with Crippen LogP contribution < -0.4 is 9.47 Å². The lowest BCUT2D eigenvalue weighted by Gasteiger charge is -2.19. The van der Waals surface area contributed by atoms with E-state index in [0.29, 0.717) is 5.75 Å². The van der Waals surface area contributed by atoms with Crippen LogP contribution in [-0.4, -0.2) is 34.1 Å². The molecular formula is C12H16BrFO4S. The standard InChI is InChI=1S/C12H16BrFO4S/c1-7(19(4,15)16)12(13)8-5-10(17-2)11(18-3)6-9(8)14/h5-7,12H,1-4H3. The third-order valence-electron chi connectivity index (χ3n) is 2.89. The predicted molar refractivity (Wildman–Crippen MR) is 75.5 cm³/mol. The summed E-state index contributed by atoms with van der Waals surface area (Å²) in [5.41, 5.74) is 0.218. The van der Waals surface area contributed by atoms with Crippen LogP contribution in [-0.2, 0) is 9.84 Å². The van der Waals surface area contributed by atoms with Crippen LogP contribution in [0.1, 0.15) is 17.3 Å². The molecule has 108 valence electrons. The number of halogens is 2. The zero-order valence-corrected chi connectivity index (χ0v) is 13.5. The van der Waals surface area contributed by atoms with Gasteiger partial charge in [0, 0.05) is 17.9 Å². The highest BCUT2D eigenvalue weighted by atomic mass is 79.9. The van der Waals surface area contributed by atoms with Crippen LogP contribution in [0.15, 0.2) is 12.1 Å². The van der Waals surface area contributed by atoms with E-state index in [1.165, 1.54) is 33.3 Å². The number of rotatable bonds is 5. The van der Waals surface area contributed by atoms with Gasteiger partial charge in [-0.05, 0) is 13.0 Å². The van der Waals surface area contributed by atoms with Crippen LogP contribution in [0.25, 0.3) is 0 Å². The van der Waals surface area contributed by atoms with Gasteiger partial charge in [-0.15, -0.1) is 0 Å². The van der Waals surface area contributed by atoms with Gasteiger partial charge in [-0.25, -0.2) is 12.8 Å². The lowest BCUT2D eigenvalue weighted by atomic mass is 10.1. The van der Waals surface area contributed by atoms with Crippen molar-refractivity contribution < 1.29 is 22.3 Å². The summed E-state index contributed by atoms with van der Waals surface area (Å²) in [6, 6.07) is 2.62. The number of hydrogen-bond acceptors (Lipinski definition) is 4. The molecule has 1 rings (SSSR count). The summed E-state index contributed by atoms with van der Waals surface area (Å²) in [6.07, 6.45) is 1.12. The van der Waals surface area contributed by atoms with E-state index in [4.69, 9.17) is 9.47 Å². The lowest BCUT2D eigenvalue weighted by Crippen LogP contribution is -2.21. The SMILES string of the molecule is COc1cc(F)c(C(Br)C(C)S(C)(=O)=O)cc1OC. The molecule has 0 heterocycles. The molecule has 2 atom stereocenters. The van der Waals surface area contributed by atoms with Gasteiger partial charge in [0.1, 0.15) is 5.82 Å². The van der Waals surface area contributed by atoms with Crippen molar-refractivity contribution >= 4 is 25.8 Å². The van der Waals surface area contributed by atoms with Gasteiger partial charge in [-0.2, -0.15) is 0 Å². The van der Waals surface area contributed by atoms with E-state index >= 15 is 0 Å². The Labute approximate surface area is 121 Å². The molecule has 19 heavy (non-hydrogen) atoms. The monoisotopic (exact) mass is 354 g/mol. The number of hydrogen-bond donors (Lipinski definition) is 0. The zero-order valence-electron chi connectivity index (χ0n) is 11.1. The Morgan fingerprint density at radius 2 is 1.68 bits per heavy atom. The second-order valence-electron chi connectivity index (χ2n) is 4.17. The Morgan fingerprint density at radius 3 is 2.11 bits per heavy atom. The Bertz CT molecular complexity index is 559. The van der Waals surface area contributed by atoms with Crippen molar-refractivity contribution in [2.45, 2.75) is 17.0 Å². The van der Waals surface area contributed by atoms with Gasteiger partial charge in [0.15, 0.2) is 21.3 Å². The van der Waals surface area contributed by atoms with Gasteiger partial charge < -0.3 is 9.47 Å². The summed E-state index contributed by atoms with van der Waals surface area (Å²) >= 11 is 3.23. The number of methoxy groups -OCH3 is 2. The first kappa shape index (κ1) is 16.2. The van der Waals surface area contributed by atoms with E-state index < -0.39 is 25.7 Å². The fraction of sp³-hybridized carbons (Fsp3) is 0.500. The van der Waals surface area contributed by atoms with Crippen molar-refractivity contribution in [3.63, 3.8) is 0 Å². The molecule has 0 spiro atoms. The molecule has 0 saturated carbocycles. The fourth-order valence-electron chi connectivity index (χ4n) is 1.55. The molecule has 0 saturated heterocycles. The van der Waals surface area contributed by atoms with E-state index in [9.17, 15) is 12.8 Å². The molecule has 0 aliphatic heterocycles. The highest BCUT2D eigenvalue weighted by molar-refractivity contribution is 9.09. The first-order chi connectivity index (χ1) is 8.72. The van der Waals surface area contributed by atoms with Gasteiger partial charge in [-0.1, -0.05) is 15.9 Å². The minimum absolute atomic E-state index is 0.218. The van der Waals surface area contributed by atoms with Crippen LogP contribution >= 0.6 is 15.9 Å². The minimum atomic E-state index is -3.29. The van der Waals surface area contributed by atoms with Crippen LogP contribution in [0, 0.1) is 5.82 Å². The Kier molecular flexibility index (Phi) is 5.20. The second kappa shape index (κ2) is 6.09. The van der Waals surface area contributed by atoms with E-state index in [1.807, 2.05) is 0 Å². The van der Waals surface area contributed by atoms with E-state index in [0.717, 1.165) is 6.26 Å². The molecule has 7 heteroatoms. The highest BCUT2D eigenvalue weighted by Crippen LogP contribution is 2.38. The minimum Gasteiger partial charge on any atom is -0.493 e. The smallest absolute Gasteiger partial charge is 0.163 e. The number of ether oxygens (including phenoxy) is 2. The van der Waals surface area contributed by atoms with Crippen LogP contribution in [0.4, 0.5) is 4.39 Å². The second-order valence-corrected chi connectivity index (χ2v) is 7.55. The summed E-state index contributed by atoms with van der Waals surface area (Å²) in [7, 11) is -0.450. The van der Waals surface area contributed by atoms with Gasteiger partial charge in [-0.3, -0.25) is 0 Å². The molecule has 2 unspecified atom stereocenters. The number of alkyl halides is 1. The summed E-state index contributed by atoms with van der Waals surface area (Å²) in [6.45, 7) is 1.52. The Balaban J connectivity index is 3.28. The first-order valence-corrected chi connectivity index (χ1v) is 8.33. The first-order valence-electron chi connectivity index (χ1n) is 5.46. The van der Waals surface area contributed by atoms with E-state index in [1.54, 1.807) is 0 Å². The number of sulfone groups is 1. The normalized spacial score (nSPS) is 14.8. The van der Waals surface area contributed by atoms with Crippen molar-refractivity contribution in [2.75, 3.05) is 20.5 Å². The molecule has 0 amide bonds. The van der Waals surface area contributed by atoms with Crippen molar-refractivity contribution in [3.8, 4) is 11.5 Å². The van der Waals surface area contributed by atoms with Gasteiger partial charge >= 0.3 is 0 Å². The molecule has 1 aromatic rings. The van der Waals surface area contributed by atoms with Crippen LogP contribution in [0.2, 0.25) is 0 Å². The van der Waals surface area contributed by atoms with Crippen molar-refractivity contribution in [2.24, 2.45) is 0 Å². The summed E-state index contributed by atoms with van der Waals surface area (Å²) < 4.78 is 47.1. The van der Waals surface area contributed by atoms with Crippen molar-refractivity contribution in [3.05, 3.63) is 23.5 Å². The highest BCUT2D eigenvalue weighted by Gasteiger charge is 2.28. The maximum absolute atomic E-state index is 14.0. The Morgan fingerprint density at radius 1 is 1.21 bits per heavy atom.